The molecule has 1 atom stereocenters. The summed E-state index contributed by atoms with van der Waals surface area (Å²) < 4.78 is 24.7. The van der Waals surface area contributed by atoms with Crippen molar-refractivity contribution in [3.8, 4) is 11.1 Å². The molecule has 1 aliphatic carbocycles. The lowest BCUT2D eigenvalue weighted by Gasteiger charge is -2.41. The van der Waals surface area contributed by atoms with Crippen LogP contribution < -0.4 is 9.80 Å². The number of carbonyl (C=O) groups excluding carboxylic acids is 1. The number of sulfone groups is 1. The summed E-state index contributed by atoms with van der Waals surface area (Å²) in [5.41, 5.74) is 2.64. The first kappa shape index (κ1) is 25.2. The maximum Gasteiger partial charge on any atom is 0.411 e. The number of carboxylic acid groups (broad SMARTS) is 1. The zero-order valence-electron chi connectivity index (χ0n) is 20.4. The third-order valence-corrected chi connectivity index (χ3v) is 9.06. The molecule has 1 aliphatic heterocycles. The highest BCUT2D eigenvalue weighted by atomic mass is 32.2. The monoisotopic (exact) mass is 498 g/mol. The summed E-state index contributed by atoms with van der Waals surface area (Å²) >= 11 is 0. The van der Waals surface area contributed by atoms with Gasteiger partial charge >= 0.3 is 6.09 Å². The standard InChI is InChI=1S/C27H34N2O5S/c1-3-15-35(33,34)23-12-9-21(10-13-23)22-11-14-24-25(17-22)28(27(31)32)18-19(2)29(24)26(30)16-20-7-5-4-6-8-20/h9-14,17,19-20H,3-8,15-16,18H2,1-2H3,(H,31,32)/t19-/m0/s1. The SMILES string of the molecule is CCCS(=O)(=O)c1ccc(-c2ccc3c(c2)N(C(=O)O)C[C@H](C)N3C(=O)CC2CCCCC2)cc1. The normalized spacial score (nSPS) is 18.9. The average Bonchev–Trinajstić information content (AvgIpc) is 2.83. The van der Waals surface area contributed by atoms with E-state index in [4.69, 9.17) is 0 Å². The van der Waals surface area contributed by atoms with Crippen molar-refractivity contribution in [2.45, 2.75) is 69.7 Å². The minimum atomic E-state index is -3.31. The third kappa shape index (κ3) is 5.37. The van der Waals surface area contributed by atoms with E-state index in [2.05, 4.69) is 0 Å². The number of hydrogen-bond acceptors (Lipinski definition) is 4. The Morgan fingerprint density at radius 3 is 2.26 bits per heavy atom. The molecule has 1 N–H and O–H groups in total. The van der Waals surface area contributed by atoms with Crippen LogP contribution in [-0.2, 0) is 14.6 Å². The molecule has 1 saturated carbocycles. The summed E-state index contributed by atoms with van der Waals surface area (Å²) in [6, 6.07) is 11.9. The first-order chi connectivity index (χ1) is 16.7. The van der Waals surface area contributed by atoms with Crippen molar-refractivity contribution in [1.29, 1.82) is 0 Å². The van der Waals surface area contributed by atoms with E-state index in [9.17, 15) is 23.1 Å². The van der Waals surface area contributed by atoms with Gasteiger partial charge in [0.2, 0.25) is 5.91 Å². The highest BCUT2D eigenvalue weighted by Crippen LogP contribution is 2.40. The van der Waals surface area contributed by atoms with E-state index in [1.165, 1.54) is 24.2 Å². The van der Waals surface area contributed by atoms with Gasteiger partial charge in [-0.2, -0.15) is 0 Å². The molecule has 1 fully saturated rings. The number of rotatable bonds is 6. The Balaban J connectivity index is 1.66. The Morgan fingerprint density at radius 2 is 1.63 bits per heavy atom. The van der Waals surface area contributed by atoms with Gasteiger partial charge < -0.3 is 10.0 Å². The largest absolute Gasteiger partial charge is 0.465 e. The highest BCUT2D eigenvalue weighted by Gasteiger charge is 2.35. The van der Waals surface area contributed by atoms with Crippen molar-refractivity contribution in [3.63, 3.8) is 0 Å². The van der Waals surface area contributed by atoms with Gasteiger partial charge in [0.25, 0.3) is 0 Å². The molecular formula is C27H34N2O5S. The minimum Gasteiger partial charge on any atom is -0.465 e. The lowest BCUT2D eigenvalue weighted by molar-refractivity contribution is -0.120. The molecule has 8 heteroatoms. The summed E-state index contributed by atoms with van der Waals surface area (Å²) in [5, 5.41) is 9.88. The molecule has 4 rings (SSSR count). The van der Waals surface area contributed by atoms with Gasteiger partial charge in [-0.3, -0.25) is 9.69 Å². The summed E-state index contributed by atoms with van der Waals surface area (Å²) in [6.07, 6.45) is 5.69. The Labute approximate surface area is 207 Å². The van der Waals surface area contributed by atoms with Crippen LogP contribution in [0.2, 0.25) is 0 Å². The van der Waals surface area contributed by atoms with Crippen molar-refractivity contribution >= 4 is 33.2 Å². The molecule has 0 spiro atoms. The van der Waals surface area contributed by atoms with Gasteiger partial charge in [0.05, 0.1) is 28.1 Å². The maximum atomic E-state index is 13.4. The lowest BCUT2D eigenvalue weighted by atomic mass is 9.86. The number of carbonyl (C=O) groups is 2. The average molecular weight is 499 g/mol. The van der Waals surface area contributed by atoms with Crippen LogP contribution >= 0.6 is 0 Å². The maximum absolute atomic E-state index is 13.4. The quantitative estimate of drug-likeness (QED) is 0.549. The first-order valence-electron chi connectivity index (χ1n) is 12.5. The summed E-state index contributed by atoms with van der Waals surface area (Å²) in [4.78, 5) is 28.8. The Morgan fingerprint density at radius 1 is 0.971 bits per heavy atom. The van der Waals surface area contributed by atoms with Gasteiger partial charge in [-0.1, -0.05) is 44.4 Å². The number of amides is 2. The molecule has 0 bridgehead atoms. The van der Waals surface area contributed by atoms with Gasteiger partial charge in [-0.25, -0.2) is 13.2 Å². The molecule has 0 unspecified atom stereocenters. The molecule has 2 aliphatic rings. The highest BCUT2D eigenvalue weighted by molar-refractivity contribution is 7.91. The second-order valence-electron chi connectivity index (χ2n) is 9.76. The predicted octanol–water partition coefficient (Wildman–Crippen LogP) is 5.73. The molecule has 2 amide bonds. The van der Waals surface area contributed by atoms with E-state index in [0.29, 0.717) is 30.1 Å². The lowest BCUT2D eigenvalue weighted by Crippen LogP contribution is -2.52. The molecule has 1 heterocycles. The fourth-order valence-electron chi connectivity index (χ4n) is 5.34. The zero-order valence-corrected chi connectivity index (χ0v) is 21.3. The topological polar surface area (TPSA) is 95.0 Å². The van der Waals surface area contributed by atoms with Gasteiger partial charge in [-0.15, -0.1) is 0 Å². The fraction of sp³-hybridized carbons (Fsp3) is 0.481. The first-order valence-corrected chi connectivity index (χ1v) is 14.2. The zero-order chi connectivity index (χ0) is 25.2. The van der Waals surface area contributed by atoms with E-state index in [1.54, 1.807) is 35.2 Å². The van der Waals surface area contributed by atoms with Gasteiger partial charge in [0, 0.05) is 13.0 Å². The van der Waals surface area contributed by atoms with Gasteiger partial charge in [0.15, 0.2) is 9.84 Å². The van der Waals surface area contributed by atoms with Crippen molar-refractivity contribution in [3.05, 3.63) is 42.5 Å². The molecule has 35 heavy (non-hydrogen) atoms. The Bertz CT molecular complexity index is 1190. The van der Waals surface area contributed by atoms with Gasteiger partial charge in [0.1, 0.15) is 0 Å². The summed E-state index contributed by atoms with van der Waals surface area (Å²) in [6.45, 7) is 3.93. The second kappa shape index (κ2) is 10.4. The van der Waals surface area contributed by atoms with Crippen molar-refractivity contribution < 1.29 is 23.1 Å². The minimum absolute atomic E-state index is 0.0499. The van der Waals surface area contributed by atoms with Crippen LogP contribution in [0.1, 0.15) is 58.8 Å². The van der Waals surface area contributed by atoms with E-state index < -0.39 is 15.9 Å². The number of hydrogen-bond donors (Lipinski definition) is 1. The summed E-state index contributed by atoms with van der Waals surface area (Å²) in [5.74, 6) is 0.543. The Kier molecular flexibility index (Phi) is 7.50. The molecule has 0 aromatic heterocycles. The third-order valence-electron chi connectivity index (χ3n) is 7.12. The number of fused-ring (bicyclic) bond motifs is 1. The van der Waals surface area contributed by atoms with Crippen molar-refractivity contribution in [2.24, 2.45) is 5.92 Å². The summed E-state index contributed by atoms with van der Waals surface area (Å²) in [7, 11) is -3.31. The number of nitrogens with zero attached hydrogens (tertiary/aromatic N) is 2. The van der Waals surface area contributed by atoms with E-state index in [-0.39, 0.29) is 29.1 Å². The van der Waals surface area contributed by atoms with E-state index >= 15 is 0 Å². The van der Waals surface area contributed by atoms with Crippen LogP contribution in [-0.4, -0.2) is 43.9 Å². The van der Waals surface area contributed by atoms with Crippen LogP contribution in [0.3, 0.4) is 0 Å². The molecule has 2 aromatic rings. The molecular weight excluding hydrogens is 464 g/mol. The van der Waals surface area contributed by atoms with E-state index in [1.807, 2.05) is 26.0 Å². The van der Waals surface area contributed by atoms with Crippen LogP contribution in [0, 0.1) is 5.92 Å². The number of benzene rings is 2. The van der Waals surface area contributed by atoms with Crippen LogP contribution in [0.25, 0.3) is 11.1 Å². The molecule has 0 radical (unpaired) electrons. The van der Waals surface area contributed by atoms with Gasteiger partial charge in [-0.05, 0) is 67.5 Å². The fourth-order valence-corrected chi connectivity index (χ4v) is 6.67. The molecule has 2 aromatic carbocycles. The smallest absolute Gasteiger partial charge is 0.411 e. The Hall–Kier alpha value is -2.87. The predicted molar refractivity (Wildman–Crippen MR) is 138 cm³/mol. The van der Waals surface area contributed by atoms with E-state index in [0.717, 1.165) is 24.0 Å². The van der Waals surface area contributed by atoms with Crippen LogP contribution in [0.4, 0.5) is 16.2 Å². The van der Waals surface area contributed by atoms with Crippen molar-refractivity contribution in [2.75, 3.05) is 22.1 Å². The molecule has 0 saturated heterocycles. The van der Waals surface area contributed by atoms with Crippen LogP contribution in [0.5, 0.6) is 0 Å². The molecule has 188 valence electrons. The number of anilines is 2. The second-order valence-corrected chi connectivity index (χ2v) is 11.9. The van der Waals surface area contributed by atoms with Crippen molar-refractivity contribution in [1.82, 2.24) is 0 Å². The van der Waals surface area contributed by atoms with Crippen LogP contribution in [0.15, 0.2) is 47.4 Å². The molecule has 7 nitrogen and oxygen atoms in total.